The highest BCUT2D eigenvalue weighted by atomic mass is 32.2. The van der Waals surface area contributed by atoms with Crippen molar-refractivity contribution in [1.29, 1.82) is 0 Å². The summed E-state index contributed by atoms with van der Waals surface area (Å²) < 4.78 is 7.36. The van der Waals surface area contributed by atoms with E-state index in [1.807, 2.05) is 63.2 Å². The van der Waals surface area contributed by atoms with Gasteiger partial charge in [0.05, 0.1) is 17.2 Å². The van der Waals surface area contributed by atoms with Gasteiger partial charge in [-0.1, -0.05) is 65.9 Å². The number of hydrogen-bond donors (Lipinski definition) is 1. The highest BCUT2D eigenvalue weighted by molar-refractivity contribution is 8.18. The molecule has 0 atom stereocenters. The number of carbonyl (C=O) groups excluding carboxylic acids is 2. The molecule has 0 saturated heterocycles. The number of aliphatic hydroxyl groups is 1. The van der Waals surface area contributed by atoms with Crippen LogP contribution in [0.5, 0.6) is 0 Å². The van der Waals surface area contributed by atoms with Crippen LogP contribution in [0.3, 0.4) is 0 Å². The zero-order valence-electron chi connectivity index (χ0n) is 22.2. The minimum absolute atomic E-state index is 0.101. The number of hydrogen-bond acceptors (Lipinski definition) is 5. The lowest BCUT2D eigenvalue weighted by atomic mass is 10.1. The average molecular weight is 537 g/mol. The number of nitrogens with zero attached hydrogens (tertiary/aromatic N) is 2. The first kappa shape index (κ1) is 26.3. The third-order valence-electron chi connectivity index (χ3n) is 6.64. The van der Waals surface area contributed by atoms with Gasteiger partial charge in [0.2, 0.25) is 0 Å². The summed E-state index contributed by atoms with van der Waals surface area (Å²) in [5.41, 5.74) is 5.25. The lowest BCUT2D eigenvalue weighted by Gasteiger charge is -2.13. The molecule has 196 valence electrons. The standard InChI is InChI=1S/C32H28N2O4S/c1-5-38-32(37)28-29(35)27(39-31(28)33-30(36)23-15-13-19(2)14-16-23)18-24-17-20(3)34(21(24)4)26-12-8-10-22-9-6-7-11-25(22)26/h6-18,35H,5H2,1-4H3/b27-18-,33-31?. The summed E-state index contributed by atoms with van der Waals surface area (Å²) >= 11 is 1.08. The number of aromatic nitrogens is 1. The monoisotopic (exact) mass is 536 g/mol. The Morgan fingerprint density at radius 2 is 1.72 bits per heavy atom. The summed E-state index contributed by atoms with van der Waals surface area (Å²) in [6, 6.07) is 23.5. The first-order chi connectivity index (χ1) is 18.8. The second-order valence-corrected chi connectivity index (χ2v) is 10.3. The van der Waals surface area contributed by atoms with Gasteiger partial charge in [-0.3, -0.25) is 4.79 Å². The predicted octanol–water partition coefficient (Wildman–Crippen LogP) is 7.26. The molecule has 4 aromatic rings. The van der Waals surface area contributed by atoms with E-state index >= 15 is 0 Å². The van der Waals surface area contributed by atoms with Crippen LogP contribution >= 0.6 is 11.8 Å². The SMILES string of the molecule is CCOC(=O)C1=C(O)/C(=C/c2cc(C)n(-c3cccc4ccccc34)c2C)SC1=NC(=O)c1ccc(C)cc1. The van der Waals surface area contributed by atoms with Crippen molar-refractivity contribution in [2.24, 2.45) is 4.99 Å². The van der Waals surface area contributed by atoms with Crippen LogP contribution in [0.15, 0.2) is 94.0 Å². The van der Waals surface area contributed by atoms with E-state index < -0.39 is 11.9 Å². The Balaban J connectivity index is 1.57. The van der Waals surface area contributed by atoms with Gasteiger partial charge in [-0.2, -0.15) is 0 Å². The molecule has 0 radical (unpaired) electrons. The molecule has 0 saturated carbocycles. The number of ether oxygens (including phenoxy) is 1. The maximum absolute atomic E-state index is 12.9. The first-order valence-electron chi connectivity index (χ1n) is 12.7. The summed E-state index contributed by atoms with van der Waals surface area (Å²) in [7, 11) is 0. The molecule has 0 unspecified atom stereocenters. The molecule has 1 aliphatic heterocycles. The van der Waals surface area contributed by atoms with Gasteiger partial charge < -0.3 is 14.4 Å². The molecule has 39 heavy (non-hydrogen) atoms. The zero-order valence-corrected chi connectivity index (χ0v) is 23.0. The smallest absolute Gasteiger partial charge is 0.344 e. The predicted molar refractivity (Wildman–Crippen MR) is 158 cm³/mol. The molecule has 1 N–H and O–H groups in total. The molecule has 1 aromatic heterocycles. The van der Waals surface area contributed by atoms with Gasteiger partial charge in [0.15, 0.2) is 0 Å². The highest BCUT2D eigenvalue weighted by Crippen LogP contribution is 2.40. The largest absolute Gasteiger partial charge is 0.506 e. The fraction of sp³-hybridized carbons (Fsp3) is 0.156. The summed E-state index contributed by atoms with van der Waals surface area (Å²) in [6.45, 7) is 7.80. The second kappa shape index (κ2) is 10.8. The zero-order chi connectivity index (χ0) is 27.7. The van der Waals surface area contributed by atoms with E-state index in [0.29, 0.717) is 10.5 Å². The van der Waals surface area contributed by atoms with Crippen LogP contribution in [-0.4, -0.2) is 33.2 Å². The number of rotatable bonds is 5. The molecule has 0 fully saturated rings. The Hall–Kier alpha value is -4.36. The maximum atomic E-state index is 12.9. The van der Waals surface area contributed by atoms with Crippen molar-refractivity contribution in [2.75, 3.05) is 6.61 Å². The molecule has 7 heteroatoms. The van der Waals surface area contributed by atoms with E-state index in [4.69, 9.17) is 4.74 Å². The number of carbonyl (C=O) groups is 2. The molecule has 0 bridgehead atoms. The quantitative estimate of drug-likeness (QED) is 0.272. The number of esters is 1. The van der Waals surface area contributed by atoms with Gasteiger partial charge >= 0.3 is 5.97 Å². The van der Waals surface area contributed by atoms with Crippen LogP contribution < -0.4 is 0 Å². The molecule has 5 rings (SSSR count). The number of benzene rings is 3. The molecule has 1 aliphatic rings. The molecular formula is C32H28N2O4S. The fourth-order valence-corrected chi connectivity index (χ4v) is 5.70. The average Bonchev–Trinajstić information content (AvgIpc) is 3.38. The summed E-state index contributed by atoms with van der Waals surface area (Å²) in [5.74, 6) is -1.46. The Labute approximate surface area is 231 Å². The van der Waals surface area contributed by atoms with Crippen LogP contribution in [0, 0.1) is 20.8 Å². The molecule has 2 heterocycles. The first-order valence-corrected chi connectivity index (χ1v) is 13.5. The van der Waals surface area contributed by atoms with Crippen LogP contribution in [0.1, 0.15) is 39.8 Å². The molecule has 0 spiro atoms. The molecule has 1 amide bonds. The topological polar surface area (TPSA) is 80.9 Å². The Morgan fingerprint density at radius 1 is 1.00 bits per heavy atom. The van der Waals surface area contributed by atoms with Crippen LogP contribution in [0.25, 0.3) is 22.5 Å². The fourth-order valence-electron chi connectivity index (χ4n) is 4.69. The van der Waals surface area contributed by atoms with Crippen molar-refractivity contribution in [1.82, 2.24) is 4.57 Å². The van der Waals surface area contributed by atoms with Crippen molar-refractivity contribution < 1.29 is 19.4 Å². The second-order valence-electron chi connectivity index (χ2n) is 9.30. The highest BCUT2D eigenvalue weighted by Gasteiger charge is 2.34. The van der Waals surface area contributed by atoms with Crippen LogP contribution in [-0.2, 0) is 9.53 Å². The molecule has 6 nitrogen and oxygen atoms in total. The maximum Gasteiger partial charge on any atom is 0.344 e. The van der Waals surface area contributed by atoms with Crippen LogP contribution in [0.2, 0.25) is 0 Å². The Morgan fingerprint density at radius 3 is 2.46 bits per heavy atom. The molecule has 0 aliphatic carbocycles. The summed E-state index contributed by atoms with van der Waals surface area (Å²) in [5, 5.41) is 13.5. The van der Waals surface area contributed by atoms with Crippen molar-refractivity contribution in [3.8, 4) is 5.69 Å². The third kappa shape index (κ3) is 5.05. The molecule has 3 aromatic carbocycles. The number of fused-ring (bicyclic) bond motifs is 1. The Bertz CT molecular complexity index is 1700. The van der Waals surface area contributed by atoms with E-state index in [1.54, 1.807) is 19.1 Å². The third-order valence-corrected chi connectivity index (χ3v) is 7.66. The van der Waals surface area contributed by atoms with E-state index in [2.05, 4.69) is 33.8 Å². The number of aliphatic hydroxyl groups excluding tert-OH is 1. The summed E-state index contributed by atoms with van der Waals surface area (Å²) in [4.78, 5) is 30.3. The van der Waals surface area contributed by atoms with E-state index in [0.717, 1.165) is 50.7 Å². The van der Waals surface area contributed by atoms with Gasteiger partial charge in [-0.05, 0) is 69.0 Å². The van der Waals surface area contributed by atoms with Crippen molar-refractivity contribution in [3.05, 3.63) is 117 Å². The van der Waals surface area contributed by atoms with Gasteiger partial charge in [0, 0.05) is 22.3 Å². The minimum Gasteiger partial charge on any atom is -0.506 e. The number of aliphatic imine (C=N–C) groups is 1. The van der Waals surface area contributed by atoms with E-state index in [9.17, 15) is 14.7 Å². The Kier molecular flexibility index (Phi) is 7.26. The number of thioether (sulfide) groups is 1. The van der Waals surface area contributed by atoms with Crippen molar-refractivity contribution in [3.63, 3.8) is 0 Å². The van der Waals surface area contributed by atoms with E-state index in [1.165, 1.54) is 0 Å². The van der Waals surface area contributed by atoms with Gasteiger partial charge in [0.25, 0.3) is 5.91 Å². The lowest BCUT2D eigenvalue weighted by molar-refractivity contribution is -0.138. The van der Waals surface area contributed by atoms with Crippen molar-refractivity contribution in [2.45, 2.75) is 27.7 Å². The van der Waals surface area contributed by atoms with Gasteiger partial charge in [0.1, 0.15) is 16.4 Å². The van der Waals surface area contributed by atoms with Gasteiger partial charge in [-0.15, -0.1) is 0 Å². The number of amides is 1. The summed E-state index contributed by atoms with van der Waals surface area (Å²) in [6.07, 6.45) is 1.82. The lowest BCUT2D eigenvalue weighted by Crippen LogP contribution is -2.14. The van der Waals surface area contributed by atoms with Gasteiger partial charge in [-0.25, -0.2) is 9.79 Å². The van der Waals surface area contributed by atoms with Crippen LogP contribution in [0.4, 0.5) is 0 Å². The normalized spacial score (nSPS) is 15.5. The minimum atomic E-state index is -0.720. The van der Waals surface area contributed by atoms with Crippen molar-refractivity contribution >= 4 is 45.5 Å². The molecular weight excluding hydrogens is 508 g/mol. The van der Waals surface area contributed by atoms with E-state index in [-0.39, 0.29) is 23.0 Å². The number of aryl methyl sites for hydroxylation is 2.